The molecule has 0 aliphatic carbocycles. The van der Waals surface area contributed by atoms with E-state index in [9.17, 15) is 0 Å². The third-order valence-electron chi connectivity index (χ3n) is 3.22. The molecule has 0 aliphatic heterocycles. The van der Waals surface area contributed by atoms with Gasteiger partial charge in [-0.25, -0.2) is 0 Å². The summed E-state index contributed by atoms with van der Waals surface area (Å²) in [5, 5.41) is 3.22. The molecule has 1 aromatic carbocycles. The number of benzene rings is 1. The summed E-state index contributed by atoms with van der Waals surface area (Å²) >= 11 is 0. The first-order valence-electron chi connectivity index (χ1n) is 7.04. The maximum Gasteiger partial charge on any atom is 0.123 e. The smallest absolute Gasteiger partial charge is 0.123 e. The number of aryl methyl sites for hydroxylation is 1. The van der Waals surface area contributed by atoms with Gasteiger partial charge in [-0.05, 0) is 36.6 Å². The first-order valence-corrected chi connectivity index (χ1v) is 7.04. The Balaban J connectivity index is 2.91. The summed E-state index contributed by atoms with van der Waals surface area (Å²) < 4.78 is 6.12. The third kappa shape index (κ3) is 4.87. The molecule has 0 bridgehead atoms. The number of ether oxygens (including phenoxy) is 1. The summed E-state index contributed by atoms with van der Waals surface area (Å²) in [6.45, 7) is 14.9. The van der Waals surface area contributed by atoms with Crippen LogP contribution in [0.1, 0.15) is 45.7 Å². The number of rotatable bonds is 5. The molecular formula is C17H29NO. The summed E-state index contributed by atoms with van der Waals surface area (Å²) in [6.07, 6.45) is 0. The molecule has 0 saturated carbocycles. The molecule has 0 radical (unpaired) electrons. The van der Waals surface area contributed by atoms with Gasteiger partial charge >= 0.3 is 0 Å². The minimum Gasteiger partial charge on any atom is -0.493 e. The van der Waals surface area contributed by atoms with Gasteiger partial charge in [-0.3, -0.25) is 0 Å². The van der Waals surface area contributed by atoms with Crippen molar-refractivity contribution in [2.45, 2.75) is 47.0 Å². The second-order valence-corrected chi connectivity index (χ2v) is 7.23. The van der Waals surface area contributed by atoms with Gasteiger partial charge in [-0.1, -0.05) is 46.8 Å². The van der Waals surface area contributed by atoms with Crippen LogP contribution in [0.15, 0.2) is 18.2 Å². The molecule has 1 aromatic rings. The lowest BCUT2D eigenvalue weighted by Crippen LogP contribution is -2.32. The predicted molar refractivity (Wildman–Crippen MR) is 83.1 cm³/mol. The van der Waals surface area contributed by atoms with E-state index in [-0.39, 0.29) is 10.8 Å². The Hall–Kier alpha value is -1.02. The molecule has 0 fully saturated rings. The highest BCUT2D eigenvalue weighted by Gasteiger charge is 2.22. The van der Waals surface area contributed by atoms with Crippen molar-refractivity contribution in [3.63, 3.8) is 0 Å². The monoisotopic (exact) mass is 263 g/mol. The van der Waals surface area contributed by atoms with Crippen LogP contribution in [0.5, 0.6) is 5.75 Å². The van der Waals surface area contributed by atoms with E-state index in [1.165, 1.54) is 11.1 Å². The molecule has 0 atom stereocenters. The molecule has 1 rings (SSSR count). The molecule has 2 nitrogen and oxygen atoms in total. The van der Waals surface area contributed by atoms with E-state index in [1.54, 1.807) is 0 Å². The highest BCUT2D eigenvalue weighted by Crippen LogP contribution is 2.33. The van der Waals surface area contributed by atoms with E-state index in [1.807, 2.05) is 7.05 Å². The Morgan fingerprint density at radius 1 is 1.11 bits per heavy atom. The molecule has 19 heavy (non-hydrogen) atoms. The van der Waals surface area contributed by atoms with Crippen LogP contribution in [0.2, 0.25) is 0 Å². The molecule has 0 heterocycles. The SMILES string of the molecule is CNCC(C)(C)COc1cc(C)ccc1C(C)(C)C. The average molecular weight is 263 g/mol. The fourth-order valence-electron chi connectivity index (χ4n) is 2.17. The second-order valence-electron chi connectivity index (χ2n) is 7.23. The van der Waals surface area contributed by atoms with Crippen molar-refractivity contribution < 1.29 is 4.74 Å². The van der Waals surface area contributed by atoms with Gasteiger partial charge in [0.1, 0.15) is 5.75 Å². The second kappa shape index (κ2) is 5.96. The number of nitrogens with one attached hydrogen (secondary N) is 1. The van der Waals surface area contributed by atoms with Gasteiger partial charge in [-0.15, -0.1) is 0 Å². The Bertz CT molecular complexity index is 416. The van der Waals surface area contributed by atoms with Crippen molar-refractivity contribution >= 4 is 0 Å². The van der Waals surface area contributed by atoms with Gasteiger partial charge in [0.15, 0.2) is 0 Å². The van der Waals surface area contributed by atoms with Crippen LogP contribution in [0, 0.1) is 12.3 Å². The van der Waals surface area contributed by atoms with E-state index < -0.39 is 0 Å². The molecule has 0 amide bonds. The van der Waals surface area contributed by atoms with Crippen LogP contribution < -0.4 is 10.1 Å². The van der Waals surface area contributed by atoms with Crippen molar-refractivity contribution in [3.05, 3.63) is 29.3 Å². The Morgan fingerprint density at radius 2 is 1.74 bits per heavy atom. The zero-order valence-electron chi connectivity index (χ0n) is 13.6. The molecule has 1 N–H and O–H groups in total. The normalized spacial score (nSPS) is 12.6. The quantitative estimate of drug-likeness (QED) is 0.869. The lowest BCUT2D eigenvalue weighted by atomic mass is 9.85. The predicted octanol–water partition coefficient (Wildman–Crippen LogP) is 3.92. The maximum absolute atomic E-state index is 6.12. The molecule has 0 aliphatic rings. The van der Waals surface area contributed by atoms with Crippen LogP contribution in [0.4, 0.5) is 0 Å². The maximum atomic E-state index is 6.12. The Morgan fingerprint density at radius 3 is 2.26 bits per heavy atom. The summed E-state index contributed by atoms with van der Waals surface area (Å²) in [4.78, 5) is 0. The summed E-state index contributed by atoms with van der Waals surface area (Å²) in [6, 6.07) is 6.50. The number of hydrogen-bond donors (Lipinski definition) is 1. The van der Waals surface area contributed by atoms with Gasteiger partial charge in [-0.2, -0.15) is 0 Å². The fourth-order valence-corrected chi connectivity index (χ4v) is 2.17. The van der Waals surface area contributed by atoms with Crippen molar-refractivity contribution in [1.29, 1.82) is 0 Å². The van der Waals surface area contributed by atoms with Crippen LogP contribution in [0.3, 0.4) is 0 Å². The lowest BCUT2D eigenvalue weighted by Gasteiger charge is -2.28. The minimum atomic E-state index is 0.107. The van der Waals surface area contributed by atoms with E-state index in [0.717, 1.165) is 18.9 Å². The molecular weight excluding hydrogens is 234 g/mol. The molecule has 0 spiro atoms. The third-order valence-corrected chi connectivity index (χ3v) is 3.22. The summed E-state index contributed by atoms with van der Waals surface area (Å²) in [5.41, 5.74) is 2.76. The Labute approximate surface area is 118 Å². The largest absolute Gasteiger partial charge is 0.493 e. The zero-order chi connectivity index (χ0) is 14.7. The van der Waals surface area contributed by atoms with Crippen molar-refractivity contribution in [1.82, 2.24) is 5.32 Å². The van der Waals surface area contributed by atoms with Crippen LogP contribution in [-0.2, 0) is 5.41 Å². The topological polar surface area (TPSA) is 21.3 Å². The minimum absolute atomic E-state index is 0.107. The van der Waals surface area contributed by atoms with E-state index >= 15 is 0 Å². The van der Waals surface area contributed by atoms with Gasteiger partial charge in [0, 0.05) is 12.0 Å². The highest BCUT2D eigenvalue weighted by molar-refractivity contribution is 5.41. The molecule has 0 aromatic heterocycles. The molecule has 0 unspecified atom stereocenters. The van der Waals surface area contributed by atoms with Gasteiger partial charge in [0.05, 0.1) is 6.61 Å². The highest BCUT2D eigenvalue weighted by atomic mass is 16.5. The first kappa shape index (κ1) is 16.0. The van der Waals surface area contributed by atoms with Crippen LogP contribution >= 0.6 is 0 Å². The average Bonchev–Trinajstić information content (AvgIpc) is 2.25. The summed E-state index contributed by atoms with van der Waals surface area (Å²) in [7, 11) is 1.98. The molecule has 2 heteroatoms. The molecule has 0 saturated heterocycles. The van der Waals surface area contributed by atoms with Gasteiger partial charge in [0.25, 0.3) is 0 Å². The van der Waals surface area contributed by atoms with Crippen molar-refractivity contribution in [2.75, 3.05) is 20.2 Å². The van der Waals surface area contributed by atoms with Crippen LogP contribution in [0.25, 0.3) is 0 Å². The van der Waals surface area contributed by atoms with Gasteiger partial charge in [0.2, 0.25) is 0 Å². The first-order chi connectivity index (χ1) is 8.65. The Kier molecular flexibility index (Phi) is 5.03. The van der Waals surface area contributed by atoms with Crippen molar-refractivity contribution in [2.24, 2.45) is 5.41 Å². The van der Waals surface area contributed by atoms with Gasteiger partial charge < -0.3 is 10.1 Å². The van der Waals surface area contributed by atoms with Crippen molar-refractivity contribution in [3.8, 4) is 5.75 Å². The standard InChI is InChI=1S/C17H29NO/c1-13-8-9-14(16(2,3)4)15(10-13)19-12-17(5,6)11-18-7/h8-10,18H,11-12H2,1-7H3. The van der Waals surface area contributed by atoms with E-state index in [4.69, 9.17) is 4.74 Å². The lowest BCUT2D eigenvalue weighted by molar-refractivity contribution is 0.176. The fraction of sp³-hybridized carbons (Fsp3) is 0.647. The van der Waals surface area contributed by atoms with E-state index in [2.05, 4.69) is 65.1 Å². The van der Waals surface area contributed by atoms with Crippen LogP contribution in [-0.4, -0.2) is 20.2 Å². The molecule has 108 valence electrons. The summed E-state index contributed by atoms with van der Waals surface area (Å²) in [5.74, 6) is 1.02. The zero-order valence-corrected chi connectivity index (χ0v) is 13.6. The number of hydrogen-bond acceptors (Lipinski definition) is 2. The van der Waals surface area contributed by atoms with E-state index in [0.29, 0.717) is 0 Å².